The maximum atomic E-state index is 12.3. The molecule has 0 aliphatic carbocycles. The molecule has 1 amide bonds. The molecule has 26 heavy (non-hydrogen) atoms. The third kappa shape index (κ3) is 5.07. The standard InChI is InChI=1S/C20H16BrClN2O2/c21-16-10-18(19(22)23-12-16)20(25)24-11-14-5-4-6-15(9-14)13-26-17-7-2-1-3-8-17/h1-10,12H,11,13H2,(H,24,25). The van der Waals surface area contributed by atoms with Crippen LogP contribution in [0.15, 0.2) is 71.3 Å². The lowest BCUT2D eigenvalue weighted by Gasteiger charge is -2.09. The quantitative estimate of drug-likeness (QED) is 0.558. The third-order valence-electron chi connectivity index (χ3n) is 3.64. The molecule has 0 atom stereocenters. The van der Waals surface area contributed by atoms with Crippen LogP contribution in [0.25, 0.3) is 0 Å². The minimum Gasteiger partial charge on any atom is -0.489 e. The van der Waals surface area contributed by atoms with Gasteiger partial charge in [0, 0.05) is 17.2 Å². The van der Waals surface area contributed by atoms with Gasteiger partial charge in [0.15, 0.2) is 0 Å². The summed E-state index contributed by atoms with van der Waals surface area (Å²) in [5, 5.41) is 3.04. The van der Waals surface area contributed by atoms with Crippen LogP contribution in [0.4, 0.5) is 0 Å². The van der Waals surface area contributed by atoms with E-state index in [1.807, 2.05) is 54.6 Å². The molecule has 0 fully saturated rings. The maximum Gasteiger partial charge on any atom is 0.254 e. The third-order valence-corrected chi connectivity index (χ3v) is 4.38. The lowest BCUT2D eigenvalue weighted by atomic mass is 10.1. The van der Waals surface area contributed by atoms with E-state index in [0.717, 1.165) is 16.9 Å². The number of benzene rings is 2. The molecule has 1 aromatic heterocycles. The van der Waals surface area contributed by atoms with Crippen LogP contribution in [0.2, 0.25) is 5.15 Å². The summed E-state index contributed by atoms with van der Waals surface area (Å²) in [6, 6.07) is 19.2. The molecule has 1 N–H and O–H groups in total. The Morgan fingerprint density at radius 1 is 1.08 bits per heavy atom. The number of carbonyl (C=O) groups excluding carboxylic acids is 1. The summed E-state index contributed by atoms with van der Waals surface area (Å²) in [6.45, 7) is 0.855. The number of pyridine rings is 1. The van der Waals surface area contributed by atoms with E-state index in [1.54, 1.807) is 12.3 Å². The van der Waals surface area contributed by atoms with Crippen molar-refractivity contribution in [2.45, 2.75) is 13.2 Å². The Kier molecular flexibility index (Phi) is 6.26. The molecule has 0 saturated carbocycles. The highest BCUT2D eigenvalue weighted by Crippen LogP contribution is 2.18. The van der Waals surface area contributed by atoms with Gasteiger partial charge in [-0.05, 0) is 45.3 Å². The molecule has 3 rings (SSSR count). The highest BCUT2D eigenvalue weighted by molar-refractivity contribution is 9.10. The van der Waals surface area contributed by atoms with Crippen molar-refractivity contribution in [2.24, 2.45) is 0 Å². The van der Waals surface area contributed by atoms with Crippen LogP contribution in [0.1, 0.15) is 21.5 Å². The number of hydrogen-bond donors (Lipinski definition) is 1. The Hall–Kier alpha value is -2.37. The predicted octanol–water partition coefficient (Wildman–Crippen LogP) is 5.01. The molecule has 0 aliphatic heterocycles. The van der Waals surface area contributed by atoms with Gasteiger partial charge in [0.25, 0.3) is 5.91 Å². The average Bonchev–Trinajstić information content (AvgIpc) is 2.67. The molecular weight excluding hydrogens is 416 g/mol. The average molecular weight is 432 g/mol. The number of carbonyl (C=O) groups is 1. The SMILES string of the molecule is O=C(NCc1cccc(COc2ccccc2)c1)c1cc(Br)cnc1Cl. The van der Waals surface area contributed by atoms with Crippen molar-refractivity contribution >= 4 is 33.4 Å². The Balaban J connectivity index is 1.60. The fourth-order valence-corrected chi connectivity index (χ4v) is 2.89. The van der Waals surface area contributed by atoms with E-state index in [0.29, 0.717) is 23.2 Å². The lowest BCUT2D eigenvalue weighted by molar-refractivity contribution is 0.0950. The molecule has 1 heterocycles. The fraction of sp³-hybridized carbons (Fsp3) is 0.100. The van der Waals surface area contributed by atoms with Crippen LogP contribution in [0.5, 0.6) is 5.75 Å². The Morgan fingerprint density at radius 2 is 1.85 bits per heavy atom. The van der Waals surface area contributed by atoms with Gasteiger partial charge in [0.2, 0.25) is 0 Å². The van der Waals surface area contributed by atoms with Crippen molar-refractivity contribution in [3.63, 3.8) is 0 Å². The van der Waals surface area contributed by atoms with Crippen molar-refractivity contribution in [3.8, 4) is 5.75 Å². The van der Waals surface area contributed by atoms with E-state index in [-0.39, 0.29) is 11.1 Å². The van der Waals surface area contributed by atoms with Gasteiger partial charge in [-0.2, -0.15) is 0 Å². The second kappa shape index (κ2) is 8.83. The van der Waals surface area contributed by atoms with E-state index < -0.39 is 0 Å². The normalized spacial score (nSPS) is 10.4. The van der Waals surface area contributed by atoms with E-state index in [2.05, 4.69) is 26.2 Å². The van der Waals surface area contributed by atoms with Gasteiger partial charge < -0.3 is 10.1 Å². The monoisotopic (exact) mass is 430 g/mol. The van der Waals surface area contributed by atoms with Crippen LogP contribution in [-0.4, -0.2) is 10.9 Å². The van der Waals surface area contributed by atoms with Crippen LogP contribution >= 0.6 is 27.5 Å². The number of nitrogens with zero attached hydrogens (tertiary/aromatic N) is 1. The number of aromatic nitrogens is 1. The van der Waals surface area contributed by atoms with Gasteiger partial charge in [-0.1, -0.05) is 54.1 Å². The first kappa shape index (κ1) is 18.4. The van der Waals surface area contributed by atoms with Crippen molar-refractivity contribution in [1.82, 2.24) is 10.3 Å². The lowest BCUT2D eigenvalue weighted by Crippen LogP contribution is -2.23. The fourth-order valence-electron chi connectivity index (χ4n) is 2.37. The highest BCUT2D eigenvalue weighted by Gasteiger charge is 2.12. The summed E-state index contributed by atoms with van der Waals surface area (Å²) in [5.74, 6) is 0.553. The molecule has 6 heteroatoms. The minimum absolute atomic E-state index is 0.177. The molecule has 0 bridgehead atoms. The molecule has 0 unspecified atom stereocenters. The minimum atomic E-state index is -0.269. The second-order valence-electron chi connectivity index (χ2n) is 5.60. The van der Waals surface area contributed by atoms with Gasteiger partial charge in [-0.15, -0.1) is 0 Å². The van der Waals surface area contributed by atoms with Gasteiger partial charge >= 0.3 is 0 Å². The summed E-state index contributed by atoms with van der Waals surface area (Å²) >= 11 is 9.28. The van der Waals surface area contributed by atoms with Crippen molar-refractivity contribution in [2.75, 3.05) is 0 Å². The van der Waals surface area contributed by atoms with Crippen molar-refractivity contribution in [1.29, 1.82) is 0 Å². The Labute approximate surface area is 165 Å². The predicted molar refractivity (Wildman–Crippen MR) is 105 cm³/mol. The summed E-state index contributed by atoms with van der Waals surface area (Å²) in [7, 11) is 0. The van der Waals surface area contributed by atoms with Gasteiger partial charge in [-0.25, -0.2) is 4.98 Å². The van der Waals surface area contributed by atoms with Crippen molar-refractivity contribution in [3.05, 3.63) is 93.2 Å². The first-order valence-electron chi connectivity index (χ1n) is 7.97. The smallest absolute Gasteiger partial charge is 0.254 e. The Bertz CT molecular complexity index is 903. The molecule has 0 saturated heterocycles. The molecule has 0 spiro atoms. The van der Waals surface area contributed by atoms with Crippen molar-refractivity contribution < 1.29 is 9.53 Å². The van der Waals surface area contributed by atoms with Gasteiger partial charge in [0.1, 0.15) is 17.5 Å². The van der Waals surface area contributed by atoms with Crippen LogP contribution in [0, 0.1) is 0 Å². The van der Waals surface area contributed by atoms with E-state index in [4.69, 9.17) is 16.3 Å². The van der Waals surface area contributed by atoms with Crippen LogP contribution in [0.3, 0.4) is 0 Å². The number of amides is 1. The first-order valence-corrected chi connectivity index (χ1v) is 9.14. The summed E-state index contributed by atoms with van der Waals surface area (Å²) in [6.07, 6.45) is 1.55. The second-order valence-corrected chi connectivity index (χ2v) is 6.87. The maximum absolute atomic E-state index is 12.3. The molecular formula is C20H16BrClN2O2. The first-order chi connectivity index (χ1) is 12.6. The number of rotatable bonds is 6. The number of nitrogens with one attached hydrogen (secondary N) is 1. The summed E-state index contributed by atoms with van der Waals surface area (Å²) in [4.78, 5) is 16.3. The molecule has 2 aromatic carbocycles. The summed E-state index contributed by atoms with van der Waals surface area (Å²) < 4.78 is 6.45. The molecule has 4 nitrogen and oxygen atoms in total. The zero-order chi connectivity index (χ0) is 18.4. The number of ether oxygens (including phenoxy) is 1. The number of hydrogen-bond acceptors (Lipinski definition) is 3. The zero-order valence-electron chi connectivity index (χ0n) is 13.8. The van der Waals surface area contributed by atoms with E-state index >= 15 is 0 Å². The summed E-state index contributed by atoms with van der Waals surface area (Å²) in [5.41, 5.74) is 2.35. The van der Waals surface area contributed by atoms with Gasteiger partial charge in [0.05, 0.1) is 5.56 Å². The zero-order valence-corrected chi connectivity index (χ0v) is 16.1. The number of para-hydroxylation sites is 1. The van der Waals surface area contributed by atoms with Crippen LogP contribution < -0.4 is 10.1 Å². The highest BCUT2D eigenvalue weighted by atomic mass is 79.9. The molecule has 0 radical (unpaired) electrons. The Morgan fingerprint density at radius 3 is 2.65 bits per heavy atom. The topological polar surface area (TPSA) is 51.2 Å². The number of halogens is 2. The molecule has 0 aliphatic rings. The molecule has 132 valence electrons. The largest absolute Gasteiger partial charge is 0.489 e. The van der Waals surface area contributed by atoms with Crippen LogP contribution in [-0.2, 0) is 13.2 Å². The van der Waals surface area contributed by atoms with E-state index in [1.165, 1.54) is 0 Å². The molecule has 3 aromatic rings. The van der Waals surface area contributed by atoms with Gasteiger partial charge in [-0.3, -0.25) is 4.79 Å². The van der Waals surface area contributed by atoms with E-state index in [9.17, 15) is 4.79 Å².